The van der Waals surface area contributed by atoms with Crippen LogP contribution in [0.5, 0.6) is 5.75 Å². The molecule has 9 rings (SSSR count). The van der Waals surface area contributed by atoms with Gasteiger partial charge in [-0.05, 0) is 72.2 Å². The maximum Gasteiger partial charge on any atom is 0.343 e. The number of benzene rings is 4. The van der Waals surface area contributed by atoms with Crippen molar-refractivity contribution in [2.75, 3.05) is 0 Å². The third-order valence-corrected chi connectivity index (χ3v) is 12.8. The second kappa shape index (κ2) is 18.6. The van der Waals surface area contributed by atoms with E-state index < -0.39 is 17.2 Å². The molecule has 2 aliphatic heterocycles. The molecule has 0 fully saturated rings. The van der Waals surface area contributed by atoms with Gasteiger partial charge in [-0.25, -0.2) is 15.3 Å². The number of esters is 1. The second-order valence-corrected chi connectivity index (χ2v) is 16.7. The van der Waals surface area contributed by atoms with E-state index in [0.29, 0.717) is 53.3 Å². The van der Waals surface area contributed by atoms with E-state index in [-0.39, 0.29) is 31.1 Å². The van der Waals surface area contributed by atoms with Crippen LogP contribution < -0.4 is 15.8 Å². The first-order valence-corrected chi connectivity index (χ1v) is 22.5. The van der Waals surface area contributed by atoms with E-state index in [1.54, 1.807) is 17.6 Å². The van der Waals surface area contributed by atoms with Crippen LogP contribution in [0.1, 0.15) is 103 Å². The maximum atomic E-state index is 13.7. The number of pyridine rings is 2. The monoisotopic (exact) mass is 872 g/mol. The zero-order valence-electron chi connectivity index (χ0n) is 36.7. The van der Waals surface area contributed by atoms with Crippen molar-refractivity contribution in [1.82, 2.24) is 30.0 Å². The quantitative estimate of drug-likeness (QED) is 0.0373. The van der Waals surface area contributed by atoms with E-state index in [0.717, 1.165) is 77.4 Å². The van der Waals surface area contributed by atoms with Crippen molar-refractivity contribution in [3.63, 3.8) is 0 Å². The molecule has 13 nitrogen and oxygen atoms in total. The molecule has 0 aliphatic carbocycles. The van der Waals surface area contributed by atoms with Gasteiger partial charge in [0, 0.05) is 29.5 Å². The number of aliphatic hydroxyl groups is 1. The Morgan fingerprint density at radius 2 is 1.51 bits per heavy atom. The number of cyclic esters (lactones) is 1. The van der Waals surface area contributed by atoms with Crippen molar-refractivity contribution >= 4 is 22.8 Å². The van der Waals surface area contributed by atoms with Crippen LogP contribution >= 0.6 is 0 Å². The first-order chi connectivity index (χ1) is 31.7. The van der Waals surface area contributed by atoms with Crippen LogP contribution in [0.15, 0.2) is 126 Å². The van der Waals surface area contributed by atoms with Crippen LogP contribution in [-0.4, -0.2) is 41.5 Å². The smallest absolute Gasteiger partial charge is 0.343 e. The number of hydroxylamine groups is 1. The Labute approximate surface area is 377 Å². The van der Waals surface area contributed by atoms with Gasteiger partial charge in [-0.15, -0.1) is 5.10 Å². The van der Waals surface area contributed by atoms with Crippen LogP contribution in [0.4, 0.5) is 0 Å². The molecule has 7 aromatic rings. The van der Waals surface area contributed by atoms with Gasteiger partial charge in [-0.3, -0.25) is 19.1 Å². The van der Waals surface area contributed by atoms with Gasteiger partial charge < -0.3 is 19.1 Å². The van der Waals surface area contributed by atoms with E-state index >= 15 is 0 Å². The molecule has 1 atom stereocenters. The lowest BCUT2D eigenvalue weighted by Gasteiger charge is -2.35. The molecule has 0 radical (unpaired) electrons. The minimum Gasteiger partial charge on any atom is -0.487 e. The van der Waals surface area contributed by atoms with Crippen molar-refractivity contribution in [2.24, 2.45) is 0 Å². The summed E-state index contributed by atoms with van der Waals surface area (Å²) in [4.78, 5) is 50.9. The van der Waals surface area contributed by atoms with Crippen molar-refractivity contribution in [2.45, 2.75) is 103 Å². The molecule has 2 aliphatic rings. The number of aromatic nitrogens is 5. The summed E-state index contributed by atoms with van der Waals surface area (Å²) >= 11 is 0. The standard InChI is InChI=1S/C52H52N6O7/c1-3-40-41-29-39(26-27-45(41)53-48-42(40)32-58-46(48)30-44-43(49(58)60)34-64-50(61)51(44,62)4-2)63-33-38-31-57(56-54-38)28-18-7-5-6-17-25-47(59)55-65-52(35-19-11-8-12-20-35,36-21-13-9-14-22-36)37-23-15-10-16-24-37/h8-16,19-24,26-27,29-31,62H,3-7,17-18,25,28,32-34H2,1-2H3,(H,55,59)/t51-/m0/s1. The first-order valence-electron chi connectivity index (χ1n) is 22.5. The number of rotatable bonds is 18. The van der Waals surface area contributed by atoms with E-state index in [4.69, 9.17) is 19.3 Å². The van der Waals surface area contributed by atoms with Gasteiger partial charge in [0.2, 0.25) is 5.91 Å². The average Bonchev–Trinajstić information content (AvgIpc) is 3.96. The average molecular weight is 873 g/mol. The summed E-state index contributed by atoms with van der Waals surface area (Å²) in [5.41, 5.74) is 7.72. The number of carbonyl (C=O) groups is 2. The van der Waals surface area contributed by atoms with Gasteiger partial charge in [-0.2, -0.15) is 0 Å². The number of hydrogen-bond acceptors (Lipinski definition) is 10. The Kier molecular flexibility index (Phi) is 12.4. The molecule has 5 heterocycles. The summed E-state index contributed by atoms with van der Waals surface area (Å²) in [5.74, 6) is -0.233. The lowest BCUT2D eigenvalue weighted by molar-refractivity contribution is -0.172. The molecule has 4 aromatic carbocycles. The molecule has 0 bridgehead atoms. The summed E-state index contributed by atoms with van der Waals surface area (Å²) in [6.07, 6.45) is 7.64. The molecule has 13 heteroatoms. The molecule has 1 amide bonds. The largest absolute Gasteiger partial charge is 0.487 e. The van der Waals surface area contributed by atoms with Crippen LogP contribution in [-0.2, 0) is 63.1 Å². The van der Waals surface area contributed by atoms with Crippen LogP contribution in [0.2, 0.25) is 0 Å². The Morgan fingerprint density at radius 3 is 2.17 bits per heavy atom. The molecule has 0 unspecified atom stereocenters. The summed E-state index contributed by atoms with van der Waals surface area (Å²) in [7, 11) is 0. The number of amides is 1. The third-order valence-electron chi connectivity index (χ3n) is 12.8. The van der Waals surface area contributed by atoms with Gasteiger partial charge >= 0.3 is 5.97 Å². The SMILES string of the molecule is CCc1c2c(nc3ccc(OCc4cn(CCCCCCCC(=O)NOC(c5ccccc5)(c5ccccc5)c5ccccc5)nn4)cc13)-c1cc3c(c(=O)n1C2)COC(=O)[C@]3(O)CC. The number of aryl methyl sites for hydroxylation is 2. The fourth-order valence-corrected chi connectivity index (χ4v) is 9.28. The molecule has 0 spiro atoms. The molecule has 3 aromatic heterocycles. The molecular weight excluding hydrogens is 821 g/mol. The number of hydrogen-bond donors (Lipinski definition) is 2. The minimum atomic E-state index is -1.88. The molecule has 0 saturated heterocycles. The Hall–Kier alpha value is -6.96. The van der Waals surface area contributed by atoms with E-state index in [1.165, 1.54) is 0 Å². The molecule has 332 valence electrons. The van der Waals surface area contributed by atoms with Crippen molar-refractivity contribution in [1.29, 1.82) is 0 Å². The van der Waals surface area contributed by atoms with Crippen molar-refractivity contribution in [3.8, 4) is 17.1 Å². The Morgan fingerprint density at radius 1 is 0.846 bits per heavy atom. The summed E-state index contributed by atoms with van der Waals surface area (Å²) in [6.45, 7) is 4.91. The number of nitrogens with zero attached hydrogens (tertiary/aromatic N) is 5. The van der Waals surface area contributed by atoms with Gasteiger partial charge in [0.15, 0.2) is 11.2 Å². The second-order valence-electron chi connectivity index (χ2n) is 16.7. The Bertz CT molecular complexity index is 2800. The van der Waals surface area contributed by atoms with Gasteiger partial charge in [-0.1, -0.05) is 129 Å². The van der Waals surface area contributed by atoms with E-state index in [9.17, 15) is 19.5 Å². The molecule has 2 N–H and O–H groups in total. The number of unbranched alkanes of at least 4 members (excludes halogenated alkanes) is 4. The number of carbonyl (C=O) groups excluding carboxylic acids is 2. The highest BCUT2D eigenvalue weighted by molar-refractivity contribution is 5.90. The fraction of sp³-hybridized carbons (Fsp3) is 0.308. The Balaban J connectivity index is 0.757. The topological polar surface area (TPSA) is 160 Å². The number of ether oxygens (including phenoxy) is 2. The van der Waals surface area contributed by atoms with Crippen LogP contribution in [0.25, 0.3) is 22.3 Å². The maximum absolute atomic E-state index is 13.7. The summed E-state index contributed by atoms with van der Waals surface area (Å²) < 4.78 is 14.9. The molecular formula is C52H52N6O7. The lowest BCUT2D eigenvalue weighted by Crippen LogP contribution is -2.44. The highest BCUT2D eigenvalue weighted by atomic mass is 16.7. The van der Waals surface area contributed by atoms with Gasteiger partial charge in [0.1, 0.15) is 24.7 Å². The molecule has 0 saturated carbocycles. The number of nitrogens with one attached hydrogen (secondary N) is 1. The minimum absolute atomic E-state index is 0.0877. The zero-order valence-corrected chi connectivity index (χ0v) is 36.7. The third kappa shape index (κ3) is 8.33. The van der Waals surface area contributed by atoms with Crippen LogP contribution in [0.3, 0.4) is 0 Å². The predicted octanol–water partition coefficient (Wildman–Crippen LogP) is 8.19. The zero-order chi connectivity index (χ0) is 45.0. The number of fused-ring (bicyclic) bond motifs is 5. The first kappa shape index (κ1) is 43.3. The van der Waals surface area contributed by atoms with Crippen LogP contribution in [0, 0.1) is 0 Å². The van der Waals surface area contributed by atoms with Gasteiger partial charge in [0.05, 0.1) is 35.2 Å². The summed E-state index contributed by atoms with van der Waals surface area (Å²) in [6, 6.07) is 37.4. The molecule has 65 heavy (non-hydrogen) atoms. The van der Waals surface area contributed by atoms with E-state index in [2.05, 4.69) is 22.7 Å². The normalized spacial score (nSPS) is 15.3. The van der Waals surface area contributed by atoms with Gasteiger partial charge in [0.25, 0.3) is 5.56 Å². The highest BCUT2D eigenvalue weighted by Crippen LogP contribution is 2.42. The summed E-state index contributed by atoms with van der Waals surface area (Å²) in [5, 5.41) is 20.8. The fourth-order valence-electron chi connectivity index (χ4n) is 9.28. The predicted molar refractivity (Wildman–Crippen MR) is 244 cm³/mol. The van der Waals surface area contributed by atoms with Crippen molar-refractivity contribution in [3.05, 3.63) is 176 Å². The van der Waals surface area contributed by atoms with Crippen molar-refractivity contribution < 1.29 is 29.0 Å². The lowest BCUT2D eigenvalue weighted by atomic mass is 9.80. The van der Waals surface area contributed by atoms with E-state index in [1.807, 2.05) is 120 Å². The highest BCUT2D eigenvalue weighted by Gasteiger charge is 2.45.